The van der Waals surface area contributed by atoms with Crippen molar-refractivity contribution in [3.8, 4) is 0 Å². The van der Waals surface area contributed by atoms with E-state index in [0.29, 0.717) is 17.0 Å². The van der Waals surface area contributed by atoms with E-state index >= 15 is 0 Å². The summed E-state index contributed by atoms with van der Waals surface area (Å²) in [5.74, 6) is 0.0482. The maximum atomic E-state index is 12.3. The molecular formula is C14H17N3O3S. The number of anilines is 1. The van der Waals surface area contributed by atoms with Gasteiger partial charge in [-0.25, -0.2) is 23.1 Å². The molecule has 0 spiro atoms. The topological polar surface area (TPSA) is 92.2 Å². The van der Waals surface area contributed by atoms with Gasteiger partial charge in [0.2, 0.25) is 5.95 Å². The van der Waals surface area contributed by atoms with Crippen molar-refractivity contribution in [1.82, 2.24) is 9.97 Å². The van der Waals surface area contributed by atoms with Gasteiger partial charge in [-0.1, -0.05) is 12.1 Å². The van der Waals surface area contributed by atoms with E-state index in [1.807, 2.05) is 0 Å². The molecule has 1 heterocycles. The summed E-state index contributed by atoms with van der Waals surface area (Å²) in [5.41, 5.74) is 2.02. The molecule has 21 heavy (non-hydrogen) atoms. The first-order valence-corrected chi connectivity index (χ1v) is 7.89. The summed E-state index contributed by atoms with van der Waals surface area (Å²) < 4.78 is 26.9. The smallest absolute Gasteiger partial charge is 0.264 e. The van der Waals surface area contributed by atoms with E-state index in [2.05, 4.69) is 14.7 Å². The number of aryl methyl sites for hydroxylation is 2. The number of nitrogens with zero attached hydrogens (tertiary/aromatic N) is 2. The number of rotatable bonds is 4. The number of hydrogen-bond donors (Lipinski definition) is 2. The van der Waals surface area contributed by atoms with Crippen LogP contribution in [-0.4, -0.2) is 23.5 Å². The Morgan fingerprint density at radius 1 is 1.10 bits per heavy atom. The predicted octanol–water partition coefficient (Wildman–Crippen LogP) is 1.95. The SMILES string of the molecule is Cc1cc(C)nc(NS(=O)(=O)c2ccc(C(C)O)cc2)n1. The summed E-state index contributed by atoms with van der Waals surface area (Å²) in [6, 6.07) is 7.78. The Hall–Kier alpha value is -1.99. The molecule has 6 nitrogen and oxygen atoms in total. The summed E-state index contributed by atoms with van der Waals surface area (Å²) in [6.07, 6.45) is -0.641. The highest BCUT2D eigenvalue weighted by atomic mass is 32.2. The minimum atomic E-state index is -3.75. The molecule has 2 aromatic rings. The van der Waals surface area contributed by atoms with Gasteiger partial charge in [-0.05, 0) is 44.5 Å². The fourth-order valence-corrected chi connectivity index (χ4v) is 2.82. The van der Waals surface area contributed by atoms with Crippen molar-refractivity contribution in [3.63, 3.8) is 0 Å². The van der Waals surface area contributed by atoms with E-state index < -0.39 is 16.1 Å². The molecule has 0 saturated heterocycles. The molecule has 7 heteroatoms. The van der Waals surface area contributed by atoms with Crippen molar-refractivity contribution in [2.45, 2.75) is 31.8 Å². The molecule has 0 aliphatic rings. The molecule has 1 aromatic heterocycles. The van der Waals surface area contributed by atoms with E-state index in [4.69, 9.17) is 0 Å². The van der Waals surface area contributed by atoms with E-state index in [-0.39, 0.29) is 10.8 Å². The van der Waals surface area contributed by atoms with Crippen molar-refractivity contribution < 1.29 is 13.5 Å². The zero-order valence-electron chi connectivity index (χ0n) is 12.0. The van der Waals surface area contributed by atoms with E-state index in [0.717, 1.165) is 0 Å². The third kappa shape index (κ3) is 3.77. The van der Waals surface area contributed by atoms with Gasteiger partial charge < -0.3 is 5.11 Å². The largest absolute Gasteiger partial charge is 0.389 e. The monoisotopic (exact) mass is 307 g/mol. The van der Waals surface area contributed by atoms with Gasteiger partial charge in [0.15, 0.2) is 0 Å². The van der Waals surface area contributed by atoms with Gasteiger partial charge in [0.25, 0.3) is 10.0 Å². The molecule has 0 saturated carbocycles. The standard InChI is InChI=1S/C14H17N3O3S/c1-9-8-10(2)16-14(15-9)17-21(19,20)13-6-4-12(5-7-13)11(3)18/h4-8,11,18H,1-3H3,(H,15,16,17). The molecule has 0 aliphatic carbocycles. The van der Waals surface area contributed by atoms with Crippen molar-refractivity contribution in [2.75, 3.05) is 4.72 Å². The van der Waals surface area contributed by atoms with Crippen LogP contribution in [0.15, 0.2) is 35.2 Å². The van der Waals surface area contributed by atoms with Crippen LogP contribution >= 0.6 is 0 Å². The van der Waals surface area contributed by atoms with Crippen LogP contribution in [0.2, 0.25) is 0 Å². The third-order valence-corrected chi connectivity index (χ3v) is 4.22. The lowest BCUT2D eigenvalue weighted by Crippen LogP contribution is -2.15. The maximum absolute atomic E-state index is 12.3. The minimum absolute atomic E-state index is 0.0482. The molecule has 1 atom stereocenters. The second-order valence-corrected chi connectivity index (χ2v) is 6.51. The summed E-state index contributed by atoms with van der Waals surface area (Å²) >= 11 is 0. The average molecular weight is 307 g/mol. The molecule has 2 rings (SSSR count). The number of aliphatic hydroxyl groups is 1. The predicted molar refractivity (Wildman–Crippen MR) is 79.4 cm³/mol. The number of hydrogen-bond acceptors (Lipinski definition) is 5. The van der Waals surface area contributed by atoms with E-state index in [9.17, 15) is 13.5 Å². The maximum Gasteiger partial charge on any atom is 0.264 e. The summed E-state index contributed by atoms with van der Waals surface area (Å²) in [7, 11) is -3.75. The Morgan fingerprint density at radius 2 is 1.62 bits per heavy atom. The summed E-state index contributed by atoms with van der Waals surface area (Å²) in [6.45, 7) is 5.15. The van der Waals surface area contributed by atoms with Crippen LogP contribution in [0.4, 0.5) is 5.95 Å². The van der Waals surface area contributed by atoms with Gasteiger partial charge in [-0.3, -0.25) is 0 Å². The molecule has 0 amide bonds. The number of nitrogens with one attached hydrogen (secondary N) is 1. The molecule has 0 fully saturated rings. The molecule has 0 radical (unpaired) electrons. The number of benzene rings is 1. The first-order valence-electron chi connectivity index (χ1n) is 6.41. The van der Waals surface area contributed by atoms with Crippen molar-refractivity contribution in [1.29, 1.82) is 0 Å². The van der Waals surface area contributed by atoms with Crippen LogP contribution in [0.5, 0.6) is 0 Å². The Bertz CT molecular complexity index is 720. The highest BCUT2D eigenvalue weighted by Gasteiger charge is 2.16. The Kier molecular flexibility index (Phi) is 4.24. The fraction of sp³-hybridized carbons (Fsp3) is 0.286. The second kappa shape index (κ2) is 5.79. The lowest BCUT2D eigenvalue weighted by molar-refractivity contribution is 0.199. The van der Waals surface area contributed by atoms with Crippen LogP contribution < -0.4 is 4.72 Å². The first kappa shape index (κ1) is 15.4. The van der Waals surface area contributed by atoms with E-state index in [1.165, 1.54) is 12.1 Å². The number of sulfonamides is 1. The van der Waals surface area contributed by atoms with Crippen molar-refractivity contribution >= 4 is 16.0 Å². The zero-order valence-corrected chi connectivity index (χ0v) is 12.8. The zero-order chi connectivity index (χ0) is 15.6. The van der Waals surface area contributed by atoms with Gasteiger partial charge >= 0.3 is 0 Å². The van der Waals surface area contributed by atoms with Gasteiger partial charge in [0.05, 0.1) is 11.0 Å². The van der Waals surface area contributed by atoms with Crippen molar-refractivity contribution in [2.24, 2.45) is 0 Å². The summed E-state index contributed by atoms with van der Waals surface area (Å²) in [4.78, 5) is 8.19. The van der Waals surface area contributed by atoms with Crippen LogP contribution in [0.1, 0.15) is 30.0 Å². The lowest BCUT2D eigenvalue weighted by Gasteiger charge is -2.09. The number of aliphatic hydroxyl groups excluding tert-OH is 1. The number of aromatic nitrogens is 2. The fourth-order valence-electron chi connectivity index (χ4n) is 1.88. The highest BCUT2D eigenvalue weighted by Crippen LogP contribution is 2.18. The van der Waals surface area contributed by atoms with Crippen molar-refractivity contribution in [3.05, 3.63) is 47.3 Å². The van der Waals surface area contributed by atoms with Gasteiger partial charge in [0.1, 0.15) is 0 Å². The van der Waals surface area contributed by atoms with Crippen LogP contribution in [0.25, 0.3) is 0 Å². The van der Waals surface area contributed by atoms with Gasteiger partial charge in [0, 0.05) is 11.4 Å². The van der Waals surface area contributed by atoms with Crippen LogP contribution in [-0.2, 0) is 10.0 Å². The molecule has 0 bridgehead atoms. The quantitative estimate of drug-likeness (QED) is 0.900. The first-order chi connectivity index (χ1) is 9.78. The Labute approximate surface area is 123 Å². The van der Waals surface area contributed by atoms with E-state index in [1.54, 1.807) is 39.0 Å². The molecule has 1 unspecified atom stereocenters. The molecule has 2 N–H and O–H groups in total. The average Bonchev–Trinajstić information content (AvgIpc) is 2.37. The van der Waals surface area contributed by atoms with Gasteiger partial charge in [-0.2, -0.15) is 0 Å². The third-order valence-electron chi connectivity index (χ3n) is 2.88. The summed E-state index contributed by atoms with van der Waals surface area (Å²) in [5, 5.41) is 9.43. The Balaban J connectivity index is 2.29. The molecule has 112 valence electrons. The molecule has 1 aromatic carbocycles. The van der Waals surface area contributed by atoms with Gasteiger partial charge in [-0.15, -0.1) is 0 Å². The molecule has 0 aliphatic heterocycles. The normalized spacial score (nSPS) is 13.0. The Morgan fingerprint density at radius 3 is 2.10 bits per heavy atom. The highest BCUT2D eigenvalue weighted by molar-refractivity contribution is 7.92. The second-order valence-electron chi connectivity index (χ2n) is 4.82. The molecular weight excluding hydrogens is 290 g/mol. The minimum Gasteiger partial charge on any atom is -0.389 e. The lowest BCUT2D eigenvalue weighted by atomic mass is 10.1. The van der Waals surface area contributed by atoms with Crippen LogP contribution in [0, 0.1) is 13.8 Å². The van der Waals surface area contributed by atoms with Crippen LogP contribution in [0.3, 0.4) is 0 Å².